The molecule has 3 aromatic rings. The molecule has 0 heterocycles. The second-order valence-electron chi connectivity index (χ2n) is 7.26. The van der Waals surface area contributed by atoms with Crippen LogP contribution in [0.25, 0.3) is 0 Å². The van der Waals surface area contributed by atoms with E-state index in [9.17, 15) is 13.2 Å². The van der Waals surface area contributed by atoms with E-state index in [-0.39, 0.29) is 17.3 Å². The van der Waals surface area contributed by atoms with Crippen molar-refractivity contribution < 1.29 is 13.2 Å². The zero-order chi connectivity index (χ0) is 23.8. The van der Waals surface area contributed by atoms with E-state index in [0.29, 0.717) is 33.8 Å². The number of nitrogens with one attached hydrogen (secondary N) is 1. The molecule has 9 heteroatoms. The van der Waals surface area contributed by atoms with E-state index in [4.69, 9.17) is 23.2 Å². The lowest BCUT2D eigenvalue weighted by Gasteiger charge is -2.24. The Morgan fingerprint density at radius 2 is 1.58 bits per heavy atom. The second kappa shape index (κ2) is 11.8. The molecule has 0 unspecified atom stereocenters. The van der Waals surface area contributed by atoms with Gasteiger partial charge in [-0.2, -0.15) is 11.8 Å². The number of amides is 1. The number of sulfonamides is 1. The Labute approximate surface area is 209 Å². The van der Waals surface area contributed by atoms with Crippen LogP contribution in [0.2, 0.25) is 10.0 Å². The van der Waals surface area contributed by atoms with Crippen molar-refractivity contribution in [2.45, 2.75) is 17.6 Å². The highest BCUT2D eigenvalue weighted by Gasteiger charge is 2.26. The van der Waals surface area contributed by atoms with Crippen LogP contribution in [0, 0.1) is 6.92 Å². The fourth-order valence-electron chi connectivity index (χ4n) is 3.04. The molecule has 33 heavy (non-hydrogen) atoms. The number of carbonyl (C=O) groups is 1. The van der Waals surface area contributed by atoms with Crippen LogP contribution in [0.1, 0.15) is 11.1 Å². The van der Waals surface area contributed by atoms with Gasteiger partial charge in [0.2, 0.25) is 5.91 Å². The van der Waals surface area contributed by atoms with Crippen molar-refractivity contribution in [1.82, 2.24) is 5.32 Å². The molecule has 3 rings (SSSR count). The van der Waals surface area contributed by atoms with Crippen molar-refractivity contribution in [3.63, 3.8) is 0 Å². The third-order valence-corrected chi connectivity index (χ3v) is 8.30. The third-order valence-electron chi connectivity index (χ3n) is 4.82. The van der Waals surface area contributed by atoms with Gasteiger partial charge in [0.15, 0.2) is 0 Å². The van der Waals surface area contributed by atoms with Gasteiger partial charge in [0, 0.05) is 28.1 Å². The molecule has 0 aromatic heterocycles. The molecule has 1 N–H and O–H groups in total. The predicted octanol–water partition coefficient (Wildman–Crippen LogP) is 5.55. The maximum Gasteiger partial charge on any atom is 0.264 e. The fourth-order valence-corrected chi connectivity index (χ4v) is 6.08. The van der Waals surface area contributed by atoms with Gasteiger partial charge in [0.05, 0.1) is 10.6 Å². The van der Waals surface area contributed by atoms with Crippen LogP contribution in [0.4, 0.5) is 5.69 Å². The summed E-state index contributed by atoms with van der Waals surface area (Å²) in [6, 6.07) is 20.5. The van der Waals surface area contributed by atoms with E-state index in [2.05, 4.69) is 5.32 Å². The van der Waals surface area contributed by atoms with E-state index in [1.54, 1.807) is 60.3 Å². The van der Waals surface area contributed by atoms with Crippen molar-refractivity contribution >= 4 is 56.6 Å². The molecule has 5 nitrogen and oxygen atoms in total. The Hall–Kier alpha value is -2.19. The molecule has 0 aliphatic heterocycles. The average Bonchev–Trinajstić information content (AvgIpc) is 2.80. The molecule has 0 fully saturated rings. The van der Waals surface area contributed by atoms with Gasteiger partial charge in [0.1, 0.15) is 6.54 Å². The summed E-state index contributed by atoms with van der Waals surface area (Å²) in [5.74, 6) is 0.863. The van der Waals surface area contributed by atoms with E-state index in [0.717, 1.165) is 15.4 Å². The van der Waals surface area contributed by atoms with E-state index >= 15 is 0 Å². The zero-order valence-electron chi connectivity index (χ0n) is 18.0. The summed E-state index contributed by atoms with van der Waals surface area (Å²) in [7, 11) is -3.90. The first-order chi connectivity index (χ1) is 15.8. The molecule has 0 bridgehead atoms. The number of nitrogens with zero attached hydrogens (tertiary/aromatic N) is 1. The number of aryl methyl sites for hydroxylation is 1. The van der Waals surface area contributed by atoms with Gasteiger partial charge in [-0.25, -0.2) is 8.42 Å². The normalized spacial score (nSPS) is 11.2. The molecule has 0 saturated heterocycles. The molecule has 0 saturated carbocycles. The van der Waals surface area contributed by atoms with E-state index in [1.165, 1.54) is 12.1 Å². The van der Waals surface area contributed by atoms with Crippen LogP contribution in [0.3, 0.4) is 0 Å². The molecule has 3 aromatic carbocycles. The number of hydrogen-bond donors (Lipinski definition) is 1. The van der Waals surface area contributed by atoms with Crippen LogP contribution in [0.15, 0.2) is 77.7 Å². The molecule has 1 amide bonds. The SMILES string of the molecule is Cc1ccc(N(CC(=O)NCCSCc2c(Cl)cccc2Cl)S(=O)(=O)c2ccccc2)cc1. The van der Waals surface area contributed by atoms with Crippen LogP contribution in [-0.4, -0.2) is 33.2 Å². The standard InChI is InChI=1S/C24H24Cl2N2O3S2/c1-18-10-12-19(13-11-18)28(33(30,31)20-6-3-2-4-7-20)16-24(29)27-14-15-32-17-21-22(25)8-5-9-23(21)26/h2-13H,14-17H2,1H3,(H,27,29). The highest BCUT2D eigenvalue weighted by atomic mass is 35.5. The van der Waals surface area contributed by atoms with Gasteiger partial charge < -0.3 is 5.32 Å². The summed E-state index contributed by atoms with van der Waals surface area (Å²) < 4.78 is 27.7. The average molecular weight is 524 g/mol. The minimum Gasteiger partial charge on any atom is -0.354 e. The molecular weight excluding hydrogens is 499 g/mol. The summed E-state index contributed by atoms with van der Waals surface area (Å²) in [6.07, 6.45) is 0. The summed E-state index contributed by atoms with van der Waals surface area (Å²) in [5, 5.41) is 4.02. The lowest BCUT2D eigenvalue weighted by atomic mass is 10.2. The summed E-state index contributed by atoms with van der Waals surface area (Å²) >= 11 is 13.9. The van der Waals surface area contributed by atoms with Gasteiger partial charge >= 0.3 is 0 Å². The Balaban J connectivity index is 1.62. The maximum absolute atomic E-state index is 13.3. The lowest BCUT2D eigenvalue weighted by molar-refractivity contribution is -0.119. The highest BCUT2D eigenvalue weighted by Crippen LogP contribution is 2.28. The minimum absolute atomic E-state index is 0.130. The zero-order valence-corrected chi connectivity index (χ0v) is 21.1. The third kappa shape index (κ3) is 6.90. The highest BCUT2D eigenvalue weighted by molar-refractivity contribution is 7.98. The maximum atomic E-state index is 13.3. The fraction of sp³-hybridized carbons (Fsp3) is 0.208. The van der Waals surface area contributed by atoms with Crippen molar-refractivity contribution in [1.29, 1.82) is 0 Å². The molecule has 174 valence electrons. The van der Waals surface area contributed by atoms with Crippen molar-refractivity contribution in [3.8, 4) is 0 Å². The Kier molecular flexibility index (Phi) is 9.09. The number of benzene rings is 3. The van der Waals surface area contributed by atoms with E-state index < -0.39 is 10.0 Å². The smallest absolute Gasteiger partial charge is 0.264 e. The number of halogens is 2. The summed E-state index contributed by atoms with van der Waals surface area (Å²) in [6.45, 7) is 1.99. The number of rotatable bonds is 10. The van der Waals surface area contributed by atoms with Gasteiger partial charge in [-0.3, -0.25) is 9.10 Å². The van der Waals surface area contributed by atoms with Crippen molar-refractivity contribution in [3.05, 3.63) is 94.0 Å². The van der Waals surface area contributed by atoms with Crippen LogP contribution in [0.5, 0.6) is 0 Å². The molecule has 0 atom stereocenters. The summed E-state index contributed by atoms with van der Waals surface area (Å²) in [4.78, 5) is 12.8. The van der Waals surface area contributed by atoms with Crippen LogP contribution in [-0.2, 0) is 20.6 Å². The number of thioether (sulfide) groups is 1. The first-order valence-corrected chi connectivity index (χ1v) is 13.6. The van der Waals surface area contributed by atoms with Gasteiger partial charge in [-0.1, -0.05) is 65.2 Å². The predicted molar refractivity (Wildman–Crippen MR) is 138 cm³/mol. The number of hydrogen-bond acceptors (Lipinski definition) is 4. The minimum atomic E-state index is -3.90. The van der Waals surface area contributed by atoms with Crippen molar-refractivity contribution in [2.75, 3.05) is 23.1 Å². The molecule has 0 spiro atoms. The van der Waals surface area contributed by atoms with Gasteiger partial charge in [-0.05, 0) is 48.9 Å². The number of carbonyl (C=O) groups excluding carboxylic acids is 1. The topological polar surface area (TPSA) is 66.5 Å². The second-order valence-corrected chi connectivity index (χ2v) is 11.0. The van der Waals surface area contributed by atoms with Gasteiger partial charge in [0.25, 0.3) is 10.0 Å². The lowest BCUT2D eigenvalue weighted by Crippen LogP contribution is -2.41. The molecule has 0 aliphatic rings. The quantitative estimate of drug-likeness (QED) is 0.354. The molecular formula is C24H24Cl2N2O3S2. The monoisotopic (exact) mass is 522 g/mol. The largest absolute Gasteiger partial charge is 0.354 e. The Morgan fingerprint density at radius 1 is 0.939 bits per heavy atom. The first kappa shape index (κ1) is 25.4. The van der Waals surface area contributed by atoms with E-state index in [1.807, 2.05) is 19.1 Å². The number of anilines is 1. The van der Waals surface area contributed by atoms with Crippen molar-refractivity contribution in [2.24, 2.45) is 0 Å². The van der Waals surface area contributed by atoms with Gasteiger partial charge in [-0.15, -0.1) is 0 Å². The Morgan fingerprint density at radius 3 is 2.21 bits per heavy atom. The first-order valence-electron chi connectivity index (χ1n) is 10.2. The summed E-state index contributed by atoms with van der Waals surface area (Å²) in [5.41, 5.74) is 2.29. The molecule has 0 radical (unpaired) electrons. The molecule has 0 aliphatic carbocycles. The Bertz CT molecular complexity index is 1170. The van der Waals surface area contributed by atoms with Crippen LogP contribution < -0.4 is 9.62 Å². The van der Waals surface area contributed by atoms with Crippen LogP contribution >= 0.6 is 35.0 Å².